The minimum Gasteiger partial charge on any atom is -0.390 e. The van der Waals surface area contributed by atoms with Crippen LogP contribution in [0.4, 0.5) is 0 Å². The molecule has 0 heterocycles. The topological polar surface area (TPSA) is 199 Å². The van der Waals surface area contributed by atoms with Gasteiger partial charge in [-0.1, -0.05) is 0 Å². The van der Waals surface area contributed by atoms with Crippen LogP contribution in [0.5, 0.6) is 0 Å². The second-order valence-electron chi connectivity index (χ2n) is 6.66. The molecule has 10 N–H and O–H groups in total. The number of amides is 3. The van der Waals surface area contributed by atoms with Gasteiger partial charge in [-0.2, -0.15) is 0 Å². The molecule has 188 valence electrons. The van der Waals surface area contributed by atoms with E-state index in [1.54, 1.807) is 0 Å². The van der Waals surface area contributed by atoms with Crippen molar-refractivity contribution in [3.8, 4) is 0 Å². The van der Waals surface area contributed by atoms with Crippen LogP contribution in [0.15, 0.2) is 0 Å². The van der Waals surface area contributed by atoms with Crippen molar-refractivity contribution in [1.82, 2.24) is 37.2 Å². The lowest BCUT2D eigenvalue weighted by atomic mass is 10.3. The first-order valence-corrected chi connectivity index (χ1v) is 10.7. The summed E-state index contributed by atoms with van der Waals surface area (Å²) in [5.74, 6) is -0.985. The molecule has 0 fully saturated rings. The molecule has 0 aromatic rings. The number of aliphatic hydroxyl groups excluding tert-OH is 1. The van der Waals surface area contributed by atoms with Crippen molar-refractivity contribution in [2.24, 2.45) is 5.73 Å². The number of aliphatic hydroxyl groups is 1. The highest BCUT2D eigenvalue weighted by molar-refractivity contribution is 5.96. The molecular weight excluding hydrogens is 420 g/mol. The van der Waals surface area contributed by atoms with Gasteiger partial charge < -0.3 is 52.9 Å². The Morgan fingerprint density at radius 1 is 0.781 bits per heavy atom. The van der Waals surface area contributed by atoms with Gasteiger partial charge in [0.05, 0.1) is 12.5 Å². The molecule has 0 rings (SSSR count). The molecule has 0 spiro atoms. The average molecular weight is 463 g/mol. The highest BCUT2D eigenvalue weighted by Gasteiger charge is 2.07. The van der Waals surface area contributed by atoms with E-state index in [-0.39, 0.29) is 36.7 Å². The zero-order valence-corrected chi connectivity index (χ0v) is 19.3. The number of hydrogen-bond acceptors (Lipinski definition) is 10. The molecule has 0 aliphatic rings. The molecule has 0 radical (unpaired) electrons. The fourth-order valence-electron chi connectivity index (χ4n) is 2.19. The first kappa shape index (κ1) is 32.0. The van der Waals surface area contributed by atoms with Gasteiger partial charge >= 0.3 is 0 Å². The lowest BCUT2D eigenvalue weighted by Gasteiger charge is -2.08. The SMILES string of the molecule is CNCC(O)CNC.NCCNCCNC(=O)CC(=O)NCCNCCNC(=O)CC=O. The Balaban J connectivity index is 0. The first-order chi connectivity index (χ1) is 15.4. The Morgan fingerprint density at radius 3 is 1.62 bits per heavy atom. The fraction of sp³-hybridized carbons (Fsp3) is 0.789. The van der Waals surface area contributed by atoms with Crippen LogP contribution < -0.4 is 43.0 Å². The van der Waals surface area contributed by atoms with Crippen LogP contribution in [0.1, 0.15) is 12.8 Å². The third-order valence-electron chi connectivity index (χ3n) is 3.66. The van der Waals surface area contributed by atoms with Crippen LogP contribution in [0, 0.1) is 0 Å². The van der Waals surface area contributed by atoms with Crippen molar-refractivity contribution < 1.29 is 24.3 Å². The summed E-state index contributed by atoms with van der Waals surface area (Å²) in [4.78, 5) is 44.0. The minimum absolute atomic E-state index is 0.138. The molecule has 0 bridgehead atoms. The zero-order valence-electron chi connectivity index (χ0n) is 19.3. The van der Waals surface area contributed by atoms with Crippen molar-refractivity contribution >= 4 is 24.0 Å². The van der Waals surface area contributed by atoms with E-state index < -0.39 is 0 Å². The Hall–Kier alpha value is -2.16. The molecule has 13 heteroatoms. The highest BCUT2D eigenvalue weighted by atomic mass is 16.3. The predicted octanol–water partition coefficient (Wildman–Crippen LogP) is -4.76. The van der Waals surface area contributed by atoms with E-state index >= 15 is 0 Å². The van der Waals surface area contributed by atoms with Gasteiger partial charge in [0.25, 0.3) is 0 Å². The normalized spacial score (nSPS) is 10.2. The molecule has 13 nitrogen and oxygen atoms in total. The van der Waals surface area contributed by atoms with Gasteiger partial charge in [0.15, 0.2) is 0 Å². The lowest BCUT2D eigenvalue weighted by Crippen LogP contribution is -2.39. The molecule has 0 aliphatic carbocycles. The van der Waals surface area contributed by atoms with E-state index in [0.717, 1.165) is 0 Å². The molecule has 0 aromatic heterocycles. The van der Waals surface area contributed by atoms with Gasteiger partial charge in [0, 0.05) is 65.4 Å². The molecule has 0 unspecified atom stereocenters. The monoisotopic (exact) mass is 462 g/mol. The predicted molar refractivity (Wildman–Crippen MR) is 123 cm³/mol. The average Bonchev–Trinajstić information content (AvgIpc) is 2.74. The maximum absolute atomic E-state index is 11.5. The molecule has 32 heavy (non-hydrogen) atoms. The number of hydrogen-bond donors (Lipinski definition) is 9. The third kappa shape index (κ3) is 25.9. The van der Waals surface area contributed by atoms with Crippen LogP contribution in [-0.2, 0) is 19.2 Å². The Kier molecular flexibility index (Phi) is 25.1. The zero-order chi connectivity index (χ0) is 24.5. The van der Waals surface area contributed by atoms with E-state index in [1.807, 2.05) is 14.1 Å². The number of aldehydes is 1. The van der Waals surface area contributed by atoms with Gasteiger partial charge in [-0.05, 0) is 14.1 Å². The molecule has 3 amide bonds. The minimum atomic E-state index is -0.344. The summed E-state index contributed by atoms with van der Waals surface area (Å²) in [6.45, 7) is 5.41. The van der Waals surface area contributed by atoms with E-state index in [1.165, 1.54) is 0 Å². The molecule has 0 saturated carbocycles. The summed E-state index contributed by atoms with van der Waals surface area (Å²) in [6, 6.07) is 0. The number of carbonyl (C=O) groups is 4. The van der Waals surface area contributed by atoms with Crippen molar-refractivity contribution in [3.63, 3.8) is 0 Å². The third-order valence-corrected chi connectivity index (χ3v) is 3.66. The van der Waals surface area contributed by atoms with Crippen LogP contribution in [0.2, 0.25) is 0 Å². The molecule has 0 saturated heterocycles. The molecule has 0 aromatic carbocycles. The van der Waals surface area contributed by atoms with E-state index in [4.69, 9.17) is 10.8 Å². The van der Waals surface area contributed by atoms with Crippen LogP contribution in [0.3, 0.4) is 0 Å². The second-order valence-corrected chi connectivity index (χ2v) is 6.66. The van der Waals surface area contributed by atoms with Gasteiger partial charge in [0.1, 0.15) is 12.7 Å². The van der Waals surface area contributed by atoms with Gasteiger partial charge in [-0.15, -0.1) is 0 Å². The lowest BCUT2D eigenvalue weighted by molar-refractivity contribution is -0.129. The van der Waals surface area contributed by atoms with Crippen LogP contribution in [-0.4, -0.2) is 115 Å². The van der Waals surface area contributed by atoms with Gasteiger partial charge in [-0.3, -0.25) is 14.4 Å². The molecule has 0 aliphatic heterocycles. The Labute approximate surface area is 190 Å². The number of likely N-dealkylation sites (N-methyl/N-ethyl adjacent to an activating group) is 2. The second kappa shape index (κ2) is 25.1. The maximum atomic E-state index is 11.5. The van der Waals surface area contributed by atoms with Gasteiger partial charge in [0.2, 0.25) is 17.7 Å². The fourth-order valence-corrected chi connectivity index (χ4v) is 2.19. The van der Waals surface area contributed by atoms with E-state index in [0.29, 0.717) is 71.7 Å². The van der Waals surface area contributed by atoms with Crippen molar-refractivity contribution in [1.29, 1.82) is 0 Å². The first-order valence-electron chi connectivity index (χ1n) is 10.7. The summed E-state index contributed by atoms with van der Waals surface area (Å²) in [6.07, 6.45) is -0.0599. The number of nitrogens with one attached hydrogen (secondary N) is 7. The molecule has 0 atom stereocenters. The summed E-state index contributed by atoms with van der Waals surface area (Å²) >= 11 is 0. The maximum Gasteiger partial charge on any atom is 0.229 e. The van der Waals surface area contributed by atoms with Crippen LogP contribution >= 0.6 is 0 Å². The quantitative estimate of drug-likeness (QED) is 0.0510. The number of carbonyl (C=O) groups excluding carboxylic acids is 4. The number of nitrogens with two attached hydrogens (primary N) is 1. The Morgan fingerprint density at radius 2 is 1.22 bits per heavy atom. The highest BCUT2D eigenvalue weighted by Crippen LogP contribution is 1.80. The largest absolute Gasteiger partial charge is 0.390 e. The van der Waals surface area contributed by atoms with Crippen molar-refractivity contribution in [3.05, 3.63) is 0 Å². The summed E-state index contributed by atoms with van der Waals surface area (Å²) in [5, 5.41) is 28.5. The van der Waals surface area contributed by atoms with E-state index in [2.05, 4.69) is 37.2 Å². The van der Waals surface area contributed by atoms with E-state index in [9.17, 15) is 19.2 Å². The Bertz CT molecular complexity index is 490. The van der Waals surface area contributed by atoms with Gasteiger partial charge in [-0.25, -0.2) is 0 Å². The summed E-state index contributed by atoms with van der Waals surface area (Å²) in [5.41, 5.74) is 5.31. The smallest absolute Gasteiger partial charge is 0.229 e. The molecular formula is C19H42N8O5. The summed E-state index contributed by atoms with van der Waals surface area (Å²) in [7, 11) is 3.64. The standard InChI is InChI=1S/C14H28N6O4.C5H14N2O/c15-2-3-16-4-8-19-13(23)11-14(24)20-9-6-17-5-7-18-12(22)1-10-21;1-6-3-5(8)4-7-2/h10,16-17H,1-9,11,15H2,(H,18,22)(H,19,23)(H,20,24);5-8H,3-4H2,1-2H3. The van der Waals surface area contributed by atoms with Crippen molar-refractivity contribution in [2.45, 2.75) is 18.9 Å². The summed E-state index contributed by atoms with van der Waals surface area (Å²) < 4.78 is 0. The number of rotatable bonds is 19. The van der Waals surface area contributed by atoms with Crippen molar-refractivity contribution in [2.75, 3.05) is 79.5 Å². The van der Waals surface area contributed by atoms with Crippen LogP contribution in [0.25, 0.3) is 0 Å².